The van der Waals surface area contributed by atoms with Crippen LogP contribution in [-0.2, 0) is 19.6 Å². The van der Waals surface area contributed by atoms with Gasteiger partial charge in [0, 0.05) is 51.7 Å². The van der Waals surface area contributed by atoms with E-state index in [9.17, 15) is 27.2 Å². The molecule has 10 nitrogen and oxygen atoms in total. The summed E-state index contributed by atoms with van der Waals surface area (Å²) in [5.41, 5.74) is -0.0495. The van der Waals surface area contributed by atoms with Crippen LogP contribution >= 0.6 is 34.5 Å². The fourth-order valence-corrected chi connectivity index (χ4v) is 7.73. The number of sulfonamides is 1. The summed E-state index contributed by atoms with van der Waals surface area (Å²) < 4.78 is 44.5. The van der Waals surface area contributed by atoms with Gasteiger partial charge in [-0.2, -0.15) is 4.72 Å². The number of benzene rings is 1. The Bertz CT molecular complexity index is 1430. The first kappa shape index (κ1) is 29.2. The molecule has 2 saturated heterocycles. The number of carbonyl (C=O) groups is 3. The van der Waals surface area contributed by atoms with Crippen LogP contribution in [0.4, 0.5) is 10.1 Å². The molecule has 1 aromatic heterocycles. The van der Waals surface area contributed by atoms with Gasteiger partial charge in [0.05, 0.1) is 19.9 Å². The quantitative estimate of drug-likeness (QED) is 0.439. The Hall–Kier alpha value is -2.29. The van der Waals surface area contributed by atoms with Gasteiger partial charge in [0.25, 0.3) is 5.91 Å². The first-order valence-corrected chi connectivity index (χ1v) is 16.0. The number of hydrogen-bond donors (Lipinski definition) is 2. The Morgan fingerprint density at radius 3 is 2.42 bits per heavy atom. The number of thiophene rings is 1. The molecular formula is C25H28Cl2FN5O5S2. The molecular weight excluding hydrogens is 604 g/mol. The van der Waals surface area contributed by atoms with E-state index >= 15 is 0 Å². The Labute approximate surface area is 245 Å². The maximum Gasteiger partial charge on any atom is 0.261 e. The number of hydrogen-bond acceptors (Lipinski definition) is 7. The summed E-state index contributed by atoms with van der Waals surface area (Å²) in [4.78, 5) is 43.3. The predicted octanol–water partition coefficient (Wildman–Crippen LogP) is 2.70. The average Bonchev–Trinajstić information content (AvgIpc) is 3.55. The van der Waals surface area contributed by atoms with Crippen LogP contribution in [0.15, 0.2) is 29.2 Å². The molecule has 1 aliphatic carbocycles. The molecule has 0 bridgehead atoms. The fourth-order valence-electron chi connectivity index (χ4n) is 4.96. The molecule has 0 unspecified atom stereocenters. The maximum absolute atomic E-state index is 14.6. The Balaban J connectivity index is 1.38. The van der Waals surface area contributed by atoms with E-state index in [4.69, 9.17) is 23.2 Å². The van der Waals surface area contributed by atoms with Gasteiger partial charge in [0.2, 0.25) is 21.8 Å². The molecule has 3 heterocycles. The SMILES string of the molecule is O=C(NC[C@H](NS(=O)(=O)c1cc(F)cc(N2CCCC2=O)c1Cl)C(=O)N1CCN(C2CC2)CC1)c1ccc(Cl)s1. The zero-order valence-electron chi connectivity index (χ0n) is 21.4. The molecule has 5 rings (SSSR count). The Morgan fingerprint density at radius 2 is 1.82 bits per heavy atom. The zero-order valence-corrected chi connectivity index (χ0v) is 24.5. The number of amides is 3. The Morgan fingerprint density at radius 1 is 1.10 bits per heavy atom. The predicted molar refractivity (Wildman–Crippen MR) is 150 cm³/mol. The van der Waals surface area contributed by atoms with Crippen LogP contribution in [-0.4, -0.2) is 87.3 Å². The summed E-state index contributed by atoms with van der Waals surface area (Å²) in [6, 6.07) is 3.98. The number of carbonyl (C=O) groups excluding carboxylic acids is 3. The molecule has 3 fully saturated rings. The van der Waals surface area contributed by atoms with E-state index in [1.807, 2.05) is 0 Å². The van der Waals surface area contributed by atoms with Crippen molar-refractivity contribution in [1.29, 1.82) is 0 Å². The molecule has 216 valence electrons. The molecule has 3 aliphatic rings. The van der Waals surface area contributed by atoms with E-state index in [-0.39, 0.29) is 36.1 Å². The maximum atomic E-state index is 14.6. The van der Waals surface area contributed by atoms with E-state index in [0.29, 0.717) is 47.9 Å². The van der Waals surface area contributed by atoms with Gasteiger partial charge in [-0.05, 0) is 43.5 Å². The largest absolute Gasteiger partial charge is 0.349 e. The molecule has 1 aromatic carbocycles. The van der Waals surface area contributed by atoms with Crippen molar-refractivity contribution in [1.82, 2.24) is 19.8 Å². The van der Waals surface area contributed by atoms with Gasteiger partial charge in [0.1, 0.15) is 16.8 Å². The minimum Gasteiger partial charge on any atom is -0.349 e. The number of nitrogens with one attached hydrogen (secondary N) is 2. The highest BCUT2D eigenvalue weighted by Crippen LogP contribution is 2.35. The second-order valence-electron chi connectivity index (χ2n) is 9.97. The van der Waals surface area contributed by atoms with Crippen molar-refractivity contribution in [2.45, 2.75) is 42.7 Å². The molecule has 40 heavy (non-hydrogen) atoms. The van der Waals surface area contributed by atoms with Gasteiger partial charge in [-0.1, -0.05) is 23.2 Å². The molecule has 2 N–H and O–H groups in total. The van der Waals surface area contributed by atoms with E-state index < -0.39 is 38.6 Å². The lowest BCUT2D eigenvalue weighted by Crippen LogP contribution is -2.58. The third-order valence-corrected chi connectivity index (χ3v) is 10.4. The van der Waals surface area contributed by atoms with Gasteiger partial charge >= 0.3 is 0 Å². The van der Waals surface area contributed by atoms with Gasteiger partial charge < -0.3 is 15.1 Å². The molecule has 2 aliphatic heterocycles. The number of halogens is 3. The highest BCUT2D eigenvalue weighted by molar-refractivity contribution is 7.89. The highest BCUT2D eigenvalue weighted by atomic mass is 35.5. The summed E-state index contributed by atoms with van der Waals surface area (Å²) in [5.74, 6) is -2.24. The first-order valence-electron chi connectivity index (χ1n) is 12.9. The number of rotatable bonds is 9. The lowest BCUT2D eigenvalue weighted by molar-refractivity contribution is -0.134. The summed E-state index contributed by atoms with van der Waals surface area (Å²) in [5, 5.41) is 2.27. The van der Waals surface area contributed by atoms with Crippen LogP contribution < -0.4 is 14.9 Å². The van der Waals surface area contributed by atoms with Crippen molar-refractivity contribution < 1.29 is 27.2 Å². The van der Waals surface area contributed by atoms with Gasteiger partial charge in [-0.25, -0.2) is 12.8 Å². The van der Waals surface area contributed by atoms with Crippen molar-refractivity contribution >= 4 is 68.0 Å². The molecule has 0 spiro atoms. The van der Waals surface area contributed by atoms with E-state index in [2.05, 4.69) is 14.9 Å². The molecule has 1 atom stereocenters. The standard InChI is InChI=1S/C25H28Cl2FN5O5S2/c26-21-6-5-19(39-21)24(35)29-14-17(25(36)32-10-8-31(9-11-32)16-3-4-16)30-40(37,38)20-13-15(28)12-18(23(20)27)33-7-1-2-22(33)34/h5-6,12-13,16-17,30H,1-4,7-11,14H2,(H,29,35)/t17-/m0/s1. The normalized spacial score (nSPS) is 19.2. The second kappa shape index (κ2) is 11.9. The van der Waals surface area contributed by atoms with Crippen LogP contribution in [0.3, 0.4) is 0 Å². The van der Waals surface area contributed by atoms with Crippen LogP contribution in [0.1, 0.15) is 35.4 Å². The van der Waals surface area contributed by atoms with Crippen LogP contribution in [0.2, 0.25) is 9.36 Å². The summed E-state index contributed by atoms with van der Waals surface area (Å²) in [6.45, 7) is 2.06. The fraction of sp³-hybridized carbons (Fsp3) is 0.480. The van der Waals surface area contributed by atoms with Crippen LogP contribution in [0, 0.1) is 5.82 Å². The molecule has 3 amide bonds. The van der Waals surface area contributed by atoms with Crippen molar-refractivity contribution in [3.05, 3.63) is 44.3 Å². The van der Waals surface area contributed by atoms with E-state index in [1.165, 1.54) is 11.0 Å². The zero-order chi connectivity index (χ0) is 28.6. The lowest BCUT2D eigenvalue weighted by Gasteiger charge is -2.36. The molecule has 2 aromatic rings. The van der Waals surface area contributed by atoms with Crippen molar-refractivity contribution in [2.75, 3.05) is 44.2 Å². The Kier molecular flexibility index (Phi) is 8.69. The van der Waals surface area contributed by atoms with Crippen molar-refractivity contribution in [3.8, 4) is 0 Å². The van der Waals surface area contributed by atoms with Gasteiger partial charge in [-0.15, -0.1) is 11.3 Å². The van der Waals surface area contributed by atoms with Crippen LogP contribution in [0.5, 0.6) is 0 Å². The summed E-state index contributed by atoms with van der Waals surface area (Å²) in [7, 11) is -4.58. The second-order valence-corrected chi connectivity index (χ2v) is 13.7. The average molecular weight is 633 g/mol. The molecule has 15 heteroatoms. The minimum atomic E-state index is -4.58. The minimum absolute atomic E-state index is 0.0495. The summed E-state index contributed by atoms with van der Waals surface area (Å²) >= 11 is 13.4. The molecule has 0 radical (unpaired) electrons. The number of anilines is 1. The first-order chi connectivity index (χ1) is 19.0. The summed E-state index contributed by atoms with van der Waals surface area (Å²) in [6.07, 6.45) is 3.04. The highest BCUT2D eigenvalue weighted by Gasteiger charge is 2.36. The number of piperazine rings is 1. The third-order valence-electron chi connectivity index (χ3n) is 7.19. The van der Waals surface area contributed by atoms with E-state index in [0.717, 1.165) is 36.3 Å². The lowest BCUT2D eigenvalue weighted by atomic mass is 10.2. The smallest absolute Gasteiger partial charge is 0.261 e. The topological polar surface area (TPSA) is 119 Å². The van der Waals surface area contributed by atoms with Crippen molar-refractivity contribution in [2.24, 2.45) is 0 Å². The monoisotopic (exact) mass is 631 g/mol. The number of nitrogens with zero attached hydrogens (tertiary/aromatic N) is 3. The van der Waals surface area contributed by atoms with Gasteiger partial charge in [-0.3, -0.25) is 19.3 Å². The molecule has 1 saturated carbocycles. The van der Waals surface area contributed by atoms with Gasteiger partial charge in [0.15, 0.2) is 0 Å². The van der Waals surface area contributed by atoms with Crippen LogP contribution in [0.25, 0.3) is 0 Å². The van der Waals surface area contributed by atoms with Crippen molar-refractivity contribution in [3.63, 3.8) is 0 Å². The van der Waals surface area contributed by atoms with E-state index in [1.54, 1.807) is 11.0 Å². The third kappa shape index (κ3) is 6.44.